The highest BCUT2D eigenvalue weighted by molar-refractivity contribution is 5.98. The molecule has 7 nitrogen and oxygen atoms in total. The number of carbonyl (C=O) groups is 1. The standard InChI is InChI=1S/C23H27N3O4/c1-28-16-8-9-17(20(10-16)29-2)22(27)26-13-23(14-26)18-11-24-21(25-19(18)12-30-23)15-6-4-3-5-7-15/h8-11,15H,3-7,12-14H2,1-2H3. The molecule has 3 heterocycles. The van der Waals surface area contributed by atoms with E-state index in [4.69, 9.17) is 24.2 Å². The Labute approximate surface area is 176 Å². The minimum Gasteiger partial charge on any atom is -0.497 e. The first-order valence-corrected chi connectivity index (χ1v) is 10.6. The van der Waals surface area contributed by atoms with Crippen LogP contribution in [0.1, 0.15) is 65.5 Å². The van der Waals surface area contributed by atoms with Gasteiger partial charge in [-0.15, -0.1) is 0 Å². The fraction of sp³-hybridized carbons (Fsp3) is 0.522. The fourth-order valence-electron chi connectivity index (χ4n) is 4.89. The molecule has 2 aliphatic heterocycles. The van der Waals surface area contributed by atoms with Gasteiger partial charge in [0.15, 0.2) is 0 Å². The molecule has 1 amide bonds. The van der Waals surface area contributed by atoms with Crippen LogP contribution in [0.25, 0.3) is 0 Å². The van der Waals surface area contributed by atoms with Gasteiger partial charge in [0.1, 0.15) is 22.9 Å². The Morgan fingerprint density at radius 3 is 2.70 bits per heavy atom. The van der Waals surface area contributed by atoms with Gasteiger partial charge in [-0.3, -0.25) is 4.79 Å². The Hall–Kier alpha value is -2.67. The van der Waals surface area contributed by atoms with E-state index in [0.717, 1.165) is 17.1 Å². The van der Waals surface area contributed by atoms with Crippen LogP contribution >= 0.6 is 0 Å². The monoisotopic (exact) mass is 409 g/mol. The highest BCUT2D eigenvalue weighted by atomic mass is 16.5. The number of aromatic nitrogens is 2. The molecule has 0 bridgehead atoms. The zero-order valence-corrected chi connectivity index (χ0v) is 17.5. The molecule has 158 valence electrons. The molecule has 2 aromatic rings. The first-order chi connectivity index (χ1) is 14.6. The third-order valence-electron chi connectivity index (χ3n) is 6.65. The van der Waals surface area contributed by atoms with Crippen molar-refractivity contribution in [1.82, 2.24) is 14.9 Å². The molecular weight excluding hydrogens is 382 g/mol. The molecule has 0 unspecified atom stereocenters. The highest BCUT2D eigenvalue weighted by Crippen LogP contribution is 2.44. The number of hydrogen-bond acceptors (Lipinski definition) is 6. The maximum atomic E-state index is 13.0. The van der Waals surface area contributed by atoms with E-state index < -0.39 is 5.60 Å². The number of likely N-dealkylation sites (tertiary alicyclic amines) is 1. The SMILES string of the molecule is COc1ccc(C(=O)N2CC3(C2)OCc2nc(C4CCCCC4)ncc23)c(OC)c1. The van der Waals surface area contributed by atoms with Crippen molar-refractivity contribution in [3.63, 3.8) is 0 Å². The average molecular weight is 409 g/mol. The van der Waals surface area contributed by atoms with E-state index in [2.05, 4.69) is 0 Å². The summed E-state index contributed by atoms with van der Waals surface area (Å²) in [6.45, 7) is 1.49. The third-order valence-corrected chi connectivity index (χ3v) is 6.65. The maximum Gasteiger partial charge on any atom is 0.257 e. The van der Waals surface area contributed by atoms with Gasteiger partial charge < -0.3 is 19.1 Å². The summed E-state index contributed by atoms with van der Waals surface area (Å²) in [5, 5.41) is 0. The summed E-state index contributed by atoms with van der Waals surface area (Å²) < 4.78 is 16.8. The Morgan fingerprint density at radius 2 is 1.97 bits per heavy atom. The molecule has 0 N–H and O–H groups in total. The molecule has 1 aromatic carbocycles. The van der Waals surface area contributed by atoms with Crippen molar-refractivity contribution in [2.75, 3.05) is 27.3 Å². The van der Waals surface area contributed by atoms with Crippen LogP contribution in [0.4, 0.5) is 0 Å². The summed E-state index contributed by atoms with van der Waals surface area (Å²) in [6, 6.07) is 5.24. The number of benzene rings is 1. The van der Waals surface area contributed by atoms with E-state index in [1.807, 2.05) is 6.20 Å². The van der Waals surface area contributed by atoms with Crippen molar-refractivity contribution < 1.29 is 19.0 Å². The lowest BCUT2D eigenvalue weighted by Gasteiger charge is -2.47. The van der Waals surface area contributed by atoms with Crippen molar-refractivity contribution in [3.8, 4) is 11.5 Å². The third kappa shape index (κ3) is 3.12. The minimum atomic E-state index is -0.476. The number of amides is 1. The van der Waals surface area contributed by atoms with Crippen LogP contribution in [0.2, 0.25) is 0 Å². The molecule has 2 fully saturated rings. The number of rotatable bonds is 4. The normalized spacial score (nSPS) is 20.0. The molecule has 30 heavy (non-hydrogen) atoms. The average Bonchev–Trinajstić information content (AvgIpc) is 3.17. The van der Waals surface area contributed by atoms with Gasteiger partial charge in [0, 0.05) is 23.7 Å². The highest BCUT2D eigenvalue weighted by Gasteiger charge is 2.53. The molecular formula is C23H27N3O4. The Morgan fingerprint density at radius 1 is 1.17 bits per heavy atom. The van der Waals surface area contributed by atoms with Crippen molar-refractivity contribution >= 4 is 5.91 Å². The van der Waals surface area contributed by atoms with Gasteiger partial charge >= 0.3 is 0 Å². The number of methoxy groups -OCH3 is 2. The van der Waals surface area contributed by atoms with Crippen molar-refractivity contribution in [3.05, 3.63) is 47.0 Å². The quantitative estimate of drug-likeness (QED) is 0.770. The first-order valence-electron chi connectivity index (χ1n) is 10.6. The van der Waals surface area contributed by atoms with Crippen molar-refractivity contribution in [1.29, 1.82) is 0 Å². The van der Waals surface area contributed by atoms with Crippen LogP contribution in [0.5, 0.6) is 11.5 Å². The van der Waals surface area contributed by atoms with Crippen LogP contribution < -0.4 is 9.47 Å². The molecule has 3 aliphatic rings. The first kappa shape index (κ1) is 19.3. The Kier molecular flexibility index (Phi) is 4.85. The predicted octanol–water partition coefficient (Wildman–Crippen LogP) is 3.42. The number of hydrogen-bond donors (Lipinski definition) is 0. The second kappa shape index (κ2) is 7.54. The Bertz CT molecular complexity index is 965. The molecule has 1 aromatic heterocycles. The van der Waals surface area contributed by atoms with E-state index >= 15 is 0 Å². The minimum absolute atomic E-state index is 0.0723. The maximum absolute atomic E-state index is 13.0. The topological polar surface area (TPSA) is 73.8 Å². The van der Waals surface area contributed by atoms with Gasteiger partial charge in [0.25, 0.3) is 5.91 Å². The van der Waals surface area contributed by atoms with Gasteiger partial charge in [-0.25, -0.2) is 9.97 Å². The summed E-state index contributed by atoms with van der Waals surface area (Å²) in [4.78, 5) is 24.4. The molecule has 1 saturated heterocycles. The van der Waals surface area contributed by atoms with Crippen molar-refractivity contribution in [2.24, 2.45) is 0 Å². The molecule has 0 radical (unpaired) electrons. The van der Waals surface area contributed by atoms with Crippen LogP contribution in [0.15, 0.2) is 24.4 Å². The van der Waals surface area contributed by atoms with Gasteiger partial charge in [-0.1, -0.05) is 19.3 Å². The molecule has 5 rings (SSSR count). The zero-order valence-electron chi connectivity index (χ0n) is 17.5. The molecule has 1 saturated carbocycles. The van der Waals surface area contributed by atoms with Crippen LogP contribution in [0, 0.1) is 0 Å². The van der Waals surface area contributed by atoms with E-state index in [-0.39, 0.29) is 5.91 Å². The lowest BCUT2D eigenvalue weighted by atomic mass is 9.86. The summed E-state index contributed by atoms with van der Waals surface area (Å²) in [7, 11) is 3.15. The van der Waals surface area contributed by atoms with Gasteiger partial charge in [0.2, 0.25) is 0 Å². The van der Waals surface area contributed by atoms with E-state index in [1.54, 1.807) is 37.3 Å². The Balaban J connectivity index is 1.32. The van der Waals surface area contributed by atoms with E-state index in [0.29, 0.717) is 42.7 Å². The second-order valence-electron chi connectivity index (χ2n) is 8.43. The number of fused-ring (bicyclic) bond motifs is 2. The van der Waals surface area contributed by atoms with Crippen LogP contribution in [-0.4, -0.2) is 48.1 Å². The lowest BCUT2D eigenvalue weighted by Crippen LogP contribution is -2.61. The summed E-state index contributed by atoms with van der Waals surface area (Å²) in [5.41, 5.74) is 2.07. The van der Waals surface area contributed by atoms with E-state index in [1.165, 1.54) is 32.1 Å². The predicted molar refractivity (Wildman–Crippen MR) is 110 cm³/mol. The zero-order chi connectivity index (χ0) is 20.7. The van der Waals surface area contributed by atoms with Gasteiger partial charge in [-0.05, 0) is 25.0 Å². The largest absolute Gasteiger partial charge is 0.497 e. The fourth-order valence-corrected chi connectivity index (χ4v) is 4.89. The lowest BCUT2D eigenvalue weighted by molar-refractivity contribution is -0.126. The van der Waals surface area contributed by atoms with Crippen molar-refractivity contribution in [2.45, 2.75) is 50.2 Å². The van der Waals surface area contributed by atoms with Crippen LogP contribution in [-0.2, 0) is 16.9 Å². The number of ether oxygens (including phenoxy) is 3. The molecule has 0 atom stereocenters. The summed E-state index contributed by atoms with van der Waals surface area (Å²) >= 11 is 0. The van der Waals surface area contributed by atoms with Gasteiger partial charge in [0.05, 0.1) is 45.2 Å². The summed E-state index contributed by atoms with van der Waals surface area (Å²) in [5.74, 6) is 2.53. The second-order valence-corrected chi connectivity index (χ2v) is 8.43. The van der Waals surface area contributed by atoms with Crippen LogP contribution in [0.3, 0.4) is 0 Å². The molecule has 1 spiro atoms. The summed E-state index contributed by atoms with van der Waals surface area (Å²) in [6.07, 6.45) is 8.13. The number of nitrogens with zero attached hydrogens (tertiary/aromatic N) is 3. The molecule has 1 aliphatic carbocycles. The van der Waals surface area contributed by atoms with Gasteiger partial charge in [-0.2, -0.15) is 0 Å². The smallest absolute Gasteiger partial charge is 0.257 e. The molecule has 7 heteroatoms. The van der Waals surface area contributed by atoms with E-state index in [9.17, 15) is 4.79 Å². The number of carbonyl (C=O) groups excluding carboxylic acids is 1.